The lowest BCUT2D eigenvalue weighted by molar-refractivity contribution is -0.121. The highest BCUT2D eigenvalue weighted by molar-refractivity contribution is 7.63. The van der Waals surface area contributed by atoms with Gasteiger partial charge in [0.2, 0.25) is 5.91 Å². The van der Waals surface area contributed by atoms with Gasteiger partial charge < -0.3 is 24.7 Å². The number of rotatable bonds is 24. The maximum absolute atomic E-state index is 12.0. The molecule has 0 radical (unpaired) electrons. The second-order valence-electron chi connectivity index (χ2n) is 8.97. The fraction of sp³-hybridized carbons (Fsp3) is 0.957. The van der Waals surface area contributed by atoms with E-state index in [2.05, 4.69) is 16.6 Å². The first-order chi connectivity index (χ1) is 16.1. The fourth-order valence-corrected chi connectivity index (χ4v) is 6.19. The molecule has 9 nitrogen and oxygen atoms in total. The minimum atomic E-state index is -5.10. The lowest BCUT2D eigenvalue weighted by Crippen LogP contribution is -2.35. The summed E-state index contributed by atoms with van der Waals surface area (Å²) in [6.07, 6.45) is 17.7. The highest BCUT2D eigenvalue weighted by Crippen LogP contribution is 2.57. The Morgan fingerprint density at radius 2 is 1.21 bits per heavy atom. The minimum Gasteiger partial charge on any atom is -0.376 e. The monoisotopic (exact) mass is 529 g/mol. The quantitative estimate of drug-likeness (QED) is 0.0872. The number of phosphoric acid groups is 1. The standard InChI is InChI=1S/C23H49NO8P2/c1-3-5-6-7-8-9-10-11-12-13-14-15-16-17-18-19-23(25)24-20-22(31-4-2)21-33(26,27)32-34(28,29)30/h22H,3-21H2,1-2H3,(H,24,25)(H,26,27)(H2,28,29,30). The summed E-state index contributed by atoms with van der Waals surface area (Å²) in [6, 6.07) is 0. The van der Waals surface area contributed by atoms with Crippen molar-refractivity contribution in [1.82, 2.24) is 5.32 Å². The van der Waals surface area contributed by atoms with Gasteiger partial charge in [-0.15, -0.1) is 0 Å². The predicted molar refractivity (Wildman–Crippen MR) is 136 cm³/mol. The third-order valence-electron chi connectivity index (χ3n) is 5.60. The zero-order chi connectivity index (χ0) is 25.7. The number of unbranched alkanes of at least 4 members (excludes halogenated alkanes) is 14. The van der Waals surface area contributed by atoms with E-state index in [1.165, 1.54) is 77.0 Å². The normalized spacial score (nSPS) is 14.6. The van der Waals surface area contributed by atoms with Crippen LogP contribution in [-0.4, -0.2) is 46.0 Å². The van der Waals surface area contributed by atoms with Crippen LogP contribution in [0.2, 0.25) is 0 Å². The van der Waals surface area contributed by atoms with Crippen LogP contribution in [0, 0.1) is 0 Å². The van der Waals surface area contributed by atoms with Gasteiger partial charge in [0.1, 0.15) is 0 Å². The van der Waals surface area contributed by atoms with E-state index in [0.717, 1.165) is 19.3 Å². The van der Waals surface area contributed by atoms with Crippen molar-refractivity contribution in [3.05, 3.63) is 0 Å². The number of hydrogen-bond donors (Lipinski definition) is 4. The molecule has 0 heterocycles. The number of amides is 1. The Labute approximate surface area is 206 Å². The number of nitrogens with one attached hydrogen (secondary N) is 1. The molecule has 204 valence electrons. The van der Waals surface area contributed by atoms with Crippen molar-refractivity contribution in [3.63, 3.8) is 0 Å². The molecule has 0 aliphatic rings. The van der Waals surface area contributed by atoms with Crippen LogP contribution in [0.25, 0.3) is 0 Å². The molecule has 0 aliphatic carbocycles. The third-order valence-corrected chi connectivity index (χ3v) is 8.35. The van der Waals surface area contributed by atoms with E-state index in [-0.39, 0.29) is 19.1 Å². The smallest absolute Gasteiger partial charge is 0.376 e. The molecule has 4 N–H and O–H groups in total. The van der Waals surface area contributed by atoms with Gasteiger partial charge in [0, 0.05) is 19.6 Å². The molecule has 34 heavy (non-hydrogen) atoms. The predicted octanol–water partition coefficient (Wildman–Crippen LogP) is 6.06. The van der Waals surface area contributed by atoms with Gasteiger partial charge >= 0.3 is 15.4 Å². The van der Waals surface area contributed by atoms with E-state index < -0.39 is 27.7 Å². The number of carbonyl (C=O) groups excluding carboxylic acids is 1. The van der Waals surface area contributed by atoms with Crippen molar-refractivity contribution < 1.29 is 37.7 Å². The van der Waals surface area contributed by atoms with Crippen LogP contribution in [0.4, 0.5) is 0 Å². The van der Waals surface area contributed by atoms with Crippen LogP contribution in [0.5, 0.6) is 0 Å². The molecule has 0 saturated heterocycles. The molecule has 2 atom stereocenters. The second-order valence-corrected chi connectivity index (χ2v) is 12.2. The van der Waals surface area contributed by atoms with E-state index in [9.17, 15) is 18.8 Å². The van der Waals surface area contributed by atoms with Crippen LogP contribution < -0.4 is 5.32 Å². The SMILES string of the molecule is CCCCCCCCCCCCCCCCCC(=O)NCC(CP(=O)(O)OP(=O)(O)O)OCC. The average molecular weight is 530 g/mol. The van der Waals surface area contributed by atoms with Crippen molar-refractivity contribution in [2.24, 2.45) is 0 Å². The van der Waals surface area contributed by atoms with Gasteiger partial charge in [-0.25, -0.2) is 8.88 Å². The maximum atomic E-state index is 12.0. The lowest BCUT2D eigenvalue weighted by atomic mass is 10.0. The molecule has 0 spiro atoms. The van der Waals surface area contributed by atoms with Crippen LogP contribution in [-0.2, 0) is 23.0 Å². The Morgan fingerprint density at radius 1 is 0.765 bits per heavy atom. The number of carbonyl (C=O) groups is 1. The molecular weight excluding hydrogens is 480 g/mol. The van der Waals surface area contributed by atoms with Gasteiger partial charge in [-0.1, -0.05) is 96.8 Å². The molecular formula is C23H49NO8P2. The molecule has 11 heteroatoms. The summed E-state index contributed by atoms with van der Waals surface area (Å²) < 4.78 is 31.9. The summed E-state index contributed by atoms with van der Waals surface area (Å²) in [5, 5.41) is 2.66. The summed E-state index contributed by atoms with van der Waals surface area (Å²) in [5.74, 6) is -0.178. The summed E-state index contributed by atoms with van der Waals surface area (Å²) in [7, 11) is -9.65. The number of hydrogen-bond acceptors (Lipinski definition) is 5. The molecule has 0 aromatic carbocycles. The van der Waals surface area contributed by atoms with Gasteiger partial charge in [-0.2, -0.15) is 0 Å². The van der Waals surface area contributed by atoms with E-state index in [4.69, 9.17) is 14.5 Å². The van der Waals surface area contributed by atoms with Gasteiger partial charge in [0.05, 0.1) is 12.3 Å². The van der Waals surface area contributed by atoms with Crippen molar-refractivity contribution in [2.45, 2.75) is 123 Å². The van der Waals surface area contributed by atoms with Crippen molar-refractivity contribution in [3.8, 4) is 0 Å². The van der Waals surface area contributed by atoms with Crippen molar-refractivity contribution in [2.75, 3.05) is 19.3 Å². The fourth-order valence-electron chi connectivity index (χ4n) is 3.84. The van der Waals surface area contributed by atoms with Crippen LogP contribution >= 0.6 is 15.4 Å². The van der Waals surface area contributed by atoms with Crippen LogP contribution in [0.15, 0.2) is 0 Å². The second kappa shape index (κ2) is 20.9. The Balaban J connectivity index is 3.73. The Morgan fingerprint density at radius 3 is 1.62 bits per heavy atom. The zero-order valence-corrected chi connectivity index (χ0v) is 23.1. The van der Waals surface area contributed by atoms with Crippen LogP contribution in [0.3, 0.4) is 0 Å². The molecule has 0 bridgehead atoms. The first-order valence-electron chi connectivity index (χ1n) is 13.1. The third kappa shape index (κ3) is 23.5. The first kappa shape index (κ1) is 33.7. The summed E-state index contributed by atoms with van der Waals surface area (Å²) in [4.78, 5) is 39.1. The first-order valence-corrected chi connectivity index (χ1v) is 16.4. The maximum Gasteiger partial charge on any atom is 0.476 e. The molecule has 1 amide bonds. The van der Waals surface area contributed by atoms with Gasteiger partial charge in [0.25, 0.3) is 0 Å². The van der Waals surface area contributed by atoms with E-state index >= 15 is 0 Å². The topological polar surface area (TPSA) is 142 Å². The zero-order valence-electron chi connectivity index (χ0n) is 21.3. The lowest BCUT2D eigenvalue weighted by Gasteiger charge is -2.20. The van der Waals surface area contributed by atoms with E-state index in [0.29, 0.717) is 6.42 Å². The summed E-state index contributed by atoms with van der Waals surface area (Å²) >= 11 is 0. The van der Waals surface area contributed by atoms with Crippen LogP contribution in [0.1, 0.15) is 117 Å². The summed E-state index contributed by atoms with van der Waals surface area (Å²) in [6.45, 7) is 4.12. The van der Waals surface area contributed by atoms with Crippen molar-refractivity contribution >= 4 is 21.3 Å². The van der Waals surface area contributed by atoms with Crippen molar-refractivity contribution in [1.29, 1.82) is 0 Å². The molecule has 0 aliphatic heterocycles. The Bertz CT molecular complexity index is 600. The van der Waals surface area contributed by atoms with Gasteiger partial charge in [-0.05, 0) is 13.3 Å². The Hall–Kier alpha value is -0.270. The van der Waals surface area contributed by atoms with E-state index in [1.54, 1.807) is 6.92 Å². The molecule has 0 fully saturated rings. The highest BCUT2D eigenvalue weighted by Gasteiger charge is 2.33. The highest BCUT2D eigenvalue weighted by atomic mass is 31.3. The average Bonchev–Trinajstić information content (AvgIpc) is 2.73. The number of ether oxygens (including phenoxy) is 1. The van der Waals surface area contributed by atoms with E-state index in [1.807, 2.05) is 0 Å². The summed E-state index contributed by atoms with van der Waals surface area (Å²) in [5.41, 5.74) is 0. The molecule has 2 unspecified atom stereocenters. The molecule has 0 aromatic rings. The Kier molecular flexibility index (Phi) is 20.7. The van der Waals surface area contributed by atoms with Gasteiger partial charge in [0.15, 0.2) is 0 Å². The largest absolute Gasteiger partial charge is 0.476 e. The molecule has 0 aromatic heterocycles. The minimum absolute atomic E-state index is 0.0273. The van der Waals surface area contributed by atoms with Gasteiger partial charge in [-0.3, -0.25) is 9.36 Å². The molecule has 0 rings (SSSR count). The molecule has 0 saturated carbocycles.